The van der Waals surface area contributed by atoms with Crippen LogP contribution in [0.3, 0.4) is 0 Å². The zero-order valence-electron chi connectivity index (χ0n) is 24.7. The molecule has 1 unspecified atom stereocenters. The van der Waals surface area contributed by atoms with Crippen molar-refractivity contribution in [2.45, 2.75) is 51.1 Å². The molecule has 11 nitrogen and oxygen atoms in total. The fourth-order valence-electron chi connectivity index (χ4n) is 4.40. The Kier molecular flexibility index (Phi) is 12.0. The molecule has 2 amide bonds. The summed E-state index contributed by atoms with van der Waals surface area (Å²) in [6.07, 6.45) is 1.59. The molecular formula is C30H34Cl2N4O7S. The molecule has 0 spiro atoms. The third kappa shape index (κ3) is 8.40. The summed E-state index contributed by atoms with van der Waals surface area (Å²) >= 11 is 12.4. The van der Waals surface area contributed by atoms with Crippen molar-refractivity contribution in [3.8, 4) is 5.75 Å². The monoisotopic (exact) mass is 664 g/mol. The lowest BCUT2D eigenvalue weighted by Gasteiger charge is -2.32. The maximum absolute atomic E-state index is 14.2. The number of nitrogens with zero attached hydrogens (tertiary/aromatic N) is 3. The van der Waals surface area contributed by atoms with Crippen LogP contribution in [0.4, 0.5) is 11.4 Å². The number of nitro groups is 1. The Morgan fingerprint density at radius 1 is 1.07 bits per heavy atom. The summed E-state index contributed by atoms with van der Waals surface area (Å²) in [4.78, 5) is 39.0. The number of benzene rings is 3. The molecule has 3 aromatic rings. The SMILES string of the molecule is CCCCNC(=O)C(C)N(Cc1cccc(Cl)c1)C(=O)CN(c1cc(Cl)ccc1OC)S(=O)(=O)c1ccc(C)c([N+](=O)[O-])c1. The average molecular weight is 666 g/mol. The van der Waals surface area contributed by atoms with Crippen LogP contribution in [0.25, 0.3) is 0 Å². The van der Waals surface area contributed by atoms with Crippen LogP contribution in [0.5, 0.6) is 5.75 Å². The van der Waals surface area contributed by atoms with Gasteiger partial charge in [0.15, 0.2) is 0 Å². The predicted octanol–water partition coefficient (Wildman–Crippen LogP) is 5.75. The Labute approximate surface area is 266 Å². The van der Waals surface area contributed by atoms with Crippen LogP contribution in [0, 0.1) is 17.0 Å². The number of anilines is 1. The number of aryl methyl sites for hydroxylation is 1. The minimum Gasteiger partial charge on any atom is -0.495 e. The molecule has 0 radical (unpaired) electrons. The normalized spacial score (nSPS) is 11.9. The van der Waals surface area contributed by atoms with Gasteiger partial charge in [0, 0.05) is 34.8 Å². The van der Waals surface area contributed by atoms with E-state index in [1.165, 1.54) is 49.3 Å². The van der Waals surface area contributed by atoms with Gasteiger partial charge in [0.2, 0.25) is 11.8 Å². The Bertz CT molecular complexity index is 1640. The molecule has 14 heteroatoms. The zero-order chi connectivity index (χ0) is 32.6. The molecule has 0 aliphatic carbocycles. The summed E-state index contributed by atoms with van der Waals surface area (Å²) in [5.74, 6) is -1.06. The van der Waals surface area contributed by atoms with Crippen LogP contribution >= 0.6 is 23.2 Å². The summed E-state index contributed by atoms with van der Waals surface area (Å²) in [6, 6.07) is 13.5. The van der Waals surface area contributed by atoms with Crippen LogP contribution < -0.4 is 14.4 Å². The summed E-state index contributed by atoms with van der Waals surface area (Å²) in [6.45, 7) is 4.58. The van der Waals surface area contributed by atoms with Crippen LogP contribution in [0.2, 0.25) is 10.0 Å². The van der Waals surface area contributed by atoms with Gasteiger partial charge in [-0.05, 0) is 62.2 Å². The maximum atomic E-state index is 14.2. The third-order valence-electron chi connectivity index (χ3n) is 6.89. The lowest BCUT2D eigenvalue weighted by Crippen LogP contribution is -2.51. The van der Waals surface area contributed by atoms with Gasteiger partial charge in [0.1, 0.15) is 18.3 Å². The molecule has 0 fully saturated rings. The van der Waals surface area contributed by atoms with E-state index in [1.54, 1.807) is 31.2 Å². The molecule has 0 heterocycles. The van der Waals surface area contributed by atoms with Gasteiger partial charge < -0.3 is 15.0 Å². The van der Waals surface area contributed by atoms with Crippen molar-refractivity contribution < 1.29 is 27.7 Å². The molecule has 0 aliphatic rings. The fraction of sp³-hybridized carbons (Fsp3) is 0.333. The molecule has 3 aromatic carbocycles. The van der Waals surface area contributed by atoms with Gasteiger partial charge in [-0.1, -0.05) is 54.7 Å². The maximum Gasteiger partial charge on any atom is 0.273 e. The number of unbranched alkanes of at least 4 members (excludes halogenated alkanes) is 1. The van der Waals surface area contributed by atoms with Gasteiger partial charge in [-0.3, -0.25) is 24.0 Å². The van der Waals surface area contributed by atoms with Crippen LogP contribution in [0.1, 0.15) is 37.8 Å². The number of nitro benzene ring substituents is 1. The van der Waals surface area contributed by atoms with E-state index in [9.17, 15) is 28.1 Å². The first-order valence-electron chi connectivity index (χ1n) is 13.7. The Hall–Kier alpha value is -3.87. The lowest BCUT2D eigenvalue weighted by molar-refractivity contribution is -0.385. The van der Waals surface area contributed by atoms with Crippen molar-refractivity contribution in [3.05, 3.63) is 92.0 Å². The third-order valence-corrected chi connectivity index (χ3v) is 9.12. The number of nitrogens with one attached hydrogen (secondary N) is 1. The quantitative estimate of drug-likeness (QED) is 0.132. The second kappa shape index (κ2) is 15.2. The van der Waals surface area contributed by atoms with Gasteiger partial charge in [-0.25, -0.2) is 8.42 Å². The molecule has 1 N–H and O–H groups in total. The highest BCUT2D eigenvalue weighted by Gasteiger charge is 2.35. The number of rotatable bonds is 14. The molecular weight excluding hydrogens is 631 g/mol. The highest BCUT2D eigenvalue weighted by Crippen LogP contribution is 2.36. The van der Waals surface area contributed by atoms with Gasteiger partial charge >= 0.3 is 0 Å². The number of sulfonamides is 1. The molecule has 236 valence electrons. The Morgan fingerprint density at radius 2 is 1.77 bits per heavy atom. The van der Waals surface area contributed by atoms with Gasteiger partial charge in [-0.15, -0.1) is 0 Å². The van der Waals surface area contributed by atoms with Crippen molar-refractivity contribution in [3.63, 3.8) is 0 Å². The highest BCUT2D eigenvalue weighted by molar-refractivity contribution is 7.92. The first-order chi connectivity index (χ1) is 20.8. The highest BCUT2D eigenvalue weighted by atomic mass is 35.5. The van der Waals surface area contributed by atoms with E-state index in [0.717, 1.165) is 23.2 Å². The van der Waals surface area contributed by atoms with E-state index in [1.807, 2.05) is 6.92 Å². The summed E-state index contributed by atoms with van der Waals surface area (Å²) < 4.78 is 34.5. The molecule has 0 aliphatic heterocycles. The van der Waals surface area contributed by atoms with Crippen molar-refractivity contribution in [1.82, 2.24) is 10.2 Å². The largest absolute Gasteiger partial charge is 0.495 e. The number of hydrogen-bond acceptors (Lipinski definition) is 7. The summed E-state index contributed by atoms with van der Waals surface area (Å²) in [5, 5.41) is 15.0. The van der Waals surface area contributed by atoms with Crippen LogP contribution in [-0.2, 0) is 26.2 Å². The smallest absolute Gasteiger partial charge is 0.273 e. The molecule has 0 saturated heterocycles. The van der Waals surface area contributed by atoms with Gasteiger partial charge in [0.05, 0.1) is 22.6 Å². The molecule has 44 heavy (non-hydrogen) atoms. The Balaban J connectivity index is 2.14. The molecule has 0 aromatic heterocycles. The fourth-order valence-corrected chi connectivity index (χ4v) is 6.21. The van der Waals surface area contributed by atoms with Crippen molar-refractivity contribution >= 4 is 56.4 Å². The lowest BCUT2D eigenvalue weighted by atomic mass is 10.1. The number of ether oxygens (including phenoxy) is 1. The zero-order valence-corrected chi connectivity index (χ0v) is 27.1. The van der Waals surface area contributed by atoms with Crippen LogP contribution in [-0.4, -0.2) is 56.3 Å². The predicted molar refractivity (Wildman–Crippen MR) is 170 cm³/mol. The van der Waals surface area contributed by atoms with E-state index >= 15 is 0 Å². The summed E-state index contributed by atoms with van der Waals surface area (Å²) in [5.41, 5.74) is 0.394. The van der Waals surface area contributed by atoms with Gasteiger partial charge in [-0.2, -0.15) is 0 Å². The number of carbonyl (C=O) groups excluding carboxylic acids is 2. The minimum atomic E-state index is -4.63. The number of amides is 2. The summed E-state index contributed by atoms with van der Waals surface area (Å²) in [7, 11) is -3.30. The minimum absolute atomic E-state index is 0.0572. The number of methoxy groups -OCH3 is 1. The number of halogens is 2. The standard InChI is InChI=1S/C30H34Cl2N4O7S/c1-5-6-14-33-30(38)21(3)34(18-22-8-7-9-23(31)15-22)29(37)19-35(27-16-24(32)11-13-28(27)43-4)44(41,42)25-12-10-20(2)26(17-25)36(39)40/h7-13,15-17,21H,5-6,14,18-19H2,1-4H3,(H,33,38). The number of hydrogen-bond donors (Lipinski definition) is 1. The van der Waals surface area contributed by atoms with E-state index in [-0.39, 0.29) is 28.6 Å². The average Bonchev–Trinajstić information content (AvgIpc) is 2.98. The van der Waals surface area contributed by atoms with Crippen LogP contribution in [0.15, 0.2) is 65.6 Å². The van der Waals surface area contributed by atoms with Gasteiger partial charge in [0.25, 0.3) is 15.7 Å². The van der Waals surface area contributed by atoms with Crippen molar-refractivity contribution in [2.75, 3.05) is 24.5 Å². The molecule has 0 bridgehead atoms. The van der Waals surface area contributed by atoms with E-state index in [4.69, 9.17) is 27.9 Å². The number of carbonyl (C=O) groups is 2. The molecule has 0 saturated carbocycles. The van der Waals surface area contributed by atoms with E-state index in [2.05, 4.69) is 5.32 Å². The first kappa shape index (κ1) is 34.6. The first-order valence-corrected chi connectivity index (χ1v) is 15.9. The topological polar surface area (TPSA) is 139 Å². The van der Waals surface area contributed by atoms with Crippen molar-refractivity contribution in [2.24, 2.45) is 0 Å². The molecule has 1 atom stereocenters. The van der Waals surface area contributed by atoms with E-state index < -0.39 is 49.9 Å². The van der Waals surface area contributed by atoms with E-state index in [0.29, 0.717) is 17.1 Å². The van der Waals surface area contributed by atoms with Crippen molar-refractivity contribution in [1.29, 1.82) is 0 Å². The molecule has 3 rings (SSSR count). The second-order valence-corrected chi connectivity index (χ2v) is 12.7. The Morgan fingerprint density at radius 3 is 2.41 bits per heavy atom. The second-order valence-electron chi connectivity index (χ2n) is 10.0.